The van der Waals surface area contributed by atoms with E-state index in [2.05, 4.69) is 68.0 Å². The summed E-state index contributed by atoms with van der Waals surface area (Å²) in [4.78, 5) is 42.7. The molecule has 5 rings (SSSR count). The molecule has 0 amide bonds. The molecule has 3 aromatic heterocycles. The molecule has 8 nitrogen and oxygen atoms in total. The number of ether oxygens (including phenoxy) is 2. The minimum absolute atomic E-state index is 0.239. The maximum absolute atomic E-state index is 12.8. The van der Waals surface area contributed by atoms with Crippen LogP contribution in [0.15, 0.2) is 30.3 Å². The Kier molecular flexibility index (Phi) is 8.86. The van der Waals surface area contributed by atoms with Crippen molar-refractivity contribution in [2.45, 2.75) is 106 Å². The minimum atomic E-state index is -0.554. The molecule has 0 aliphatic carbocycles. The van der Waals surface area contributed by atoms with Crippen molar-refractivity contribution in [3.05, 3.63) is 69.8 Å². The lowest BCUT2D eigenvalue weighted by Gasteiger charge is -2.19. The second-order valence-corrected chi connectivity index (χ2v) is 14.4. The molecule has 0 aromatic carbocycles. The molecule has 2 N–H and O–H groups in total. The van der Waals surface area contributed by atoms with Gasteiger partial charge in [-0.05, 0) is 152 Å². The first-order chi connectivity index (χ1) is 21.5. The first-order valence-corrected chi connectivity index (χ1v) is 16.0. The largest absolute Gasteiger partial charge is 0.460 e. The predicted molar refractivity (Wildman–Crippen MR) is 186 cm³/mol. The fourth-order valence-corrected chi connectivity index (χ4v) is 5.88. The van der Waals surface area contributed by atoms with Gasteiger partial charge >= 0.3 is 11.9 Å². The highest BCUT2D eigenvalue weighted by Gasteiger charge is 2.22. The van der Waals surface area contributed by atoms with E-state index in [0.29, 0.717) is 12.8 Å². The zero-order chi connectivity index (χ0) is 33.6. The smallest absolute Gasteiger partial charge is 0.306 e. The van der Waals surface area contributed by atoms with Gasteiger partial charge in [0.1, 0.15) is 11.2 Å². The molecule has 5 heterocycles. The Bertz CT molecular complexity index is 1940. The number of carbonyl (C=O) groups is 2. The number of nitrogens with one attached hydrogen (secondary N) is 2. The van der Waals surface area contributed by atoms with E-state index in [1.165, 1.54) is 0 Å². The Morgan fingerprint density at radius 3 is 1.98 bits per heavy atom. The Hall–Kier alpha value is -4.46. The second-order valence-electron chi connectivity index (χ2n) is 14.4. The standard InChI is InChI=1S/C38H46N4O4/c1-21-15-26-18-31-23(3)27(11-13-35(43)45-37(5,6)7)33(41-31)20-34-28(12-14-36(44)46-38(8,9)10)24(4)32(42-34)19-30-22(2)16-25(40-30)17-29(21)39-26/h15-20,39,42H,11-14H2,1-10H3. The van der Waals surface area contributed by atoms with Crippen LogP contribution in [0.4, 0.5) is 0 Å². The van der Waals surface area contributed by atoms with Crippen LogP contribution in [-0.2, 0) is 25.5 Å². The number of hydrogen-bond acceptors (Lipinski definition) is 6. The molecule has 2 aliphatic rings. The molecule has 0 radical (unpaired) electrons. The van der Waals surface area contributed by atoms with Gasteiger partial charge in [0.25, 0.3) is 0 Å². The van der Waals surface area contributed by atoms with Gasteiger partial charge < -0.3 is 19.4 Å². The Morgan fingerprint density at radius 1 is 0.696 bits per heavy atom. The molecule has 0 saturated carbocycles. The van der Waals surface area contributed by atoms with Crippen molar-refractivity contribution in [1.82, 2.24) is 19.9 Å². The summed E-state index contributed by atoms with van der Waals surface area (Å²) in [6, 6.07) is 10.3. The van der Waals surface area contributed by atoms with Crippen LogP contribution in [0.1, 0.15) is 114 Å². The number of aryl methyl sites for hydroxylation is 3. The number of allylic oxidation sites excluding steroid dienone is 3. The van der Waals surface area contributed by atoms with Crippen molar-refractivity contribution in [3.8, 4) is 0 Å². The van der Waals surface area contributed by atoms with Gasteiger partial charge in [-0.2, -0.15) is 0 Å². The van der Waals surface area contributed by atoms with Crippen LogP contribution in [0.5, 0.6) is 0 Å². The van der Waals surface area contributed by atoms with Crippen molar-refractivity contribution in [2.24, 2.45) is 0 Å². The molecule has 46 heavy (non-hydrogen) atoms. The Balaban J connectivity index is 1.72. The highest BCUT2D eigenvalue weighted by atomic mass is 16.6. The molecule has 2 aliphatic heterocycles. The highest BCUT2D eigenvalue weighted by Crippen LogP contribution is 2.35. The van der Waals surface area contributed by atoms with E-state index >= 15 is 0 Å². The molecule has 0 spiro atoms. The summed E-state index contributed by atoms with van der Waals surface area (Å²) in [5.41, 5.74) is 12.2. The first-order valence-electron chi connectivity index (χ1n) is 16.0. The van der Waals surface area contributed by atoms with E-state index in [1.54, 1.807) is 0 Å². The van der Waals surface area contributed by atoms with E-state index in [1.807, 2.05) is 47.6 Å². The van der Waals surface area contributed by atoms with Crippen LogP contribution >= 0.6 is 0 Å². The lowest BCUT2D eigenvalue weighted by Crippen LogP contribution is -2.24. The number of hydrogen-bond donors (Lipinski definition) is 2. The second kappa shape index (κ2) is 12.4. The third-order valence-corrected chi connectivity index (χ3v) is 8.08. The molecule has 8 bridgehead atoms. The molecule has 0 fully saturated rings. The van der Waals surface area contributed by atoms with E-state index in [0.717, 1.165) is 78.3 Å². The normalized spacial score (nSPS) is 13.6. The van der Waals surface area contributed by atoms with Gasteiger partial charge in [0.15, 0.2) is 0 Å². The number of nitrogens with zero attached hydrogens (tertiary/aromatic N) is 2. The highest BCUT2D eigenvalue weighted by molar-refractivity contribution is 5.94. The zero-order valence-corrected chi connectivity index (χ0v) is 28.8. The zero-order valence-electron chi connectivity index (χ0n) is 28.8. The molecule has 3 aromatic rings. The summed E-state index contributed by atoms with van der Waals surface area (Å²) >= 11 is 0. The molecule has 0 saturated heterocycles. The Labute approximate surface area is 271 Å². The van der Waals surface area contributed by atoms with Gasteiger partial charge in [-0.25, -0.2) is 9.97 Å². The number of aromatic amines is 2. The van der Waals surface area contributed by atoms with Gasteiger partial charge in [-0.3, -0.25) is 9.59 Å². The maximum atomic E-state index is 12.8. The summed E-state index contributed by atoms with van der Waals surface area (Å²) < 4.78 is 11.2. The van der Waals surface area contributed by atoms with Crippen molar-refractivity contribution >= 4 is 56.8 Å². The van der Waals surface area contributed by atoms with Crippen molar-refractivity contribution in [1.29, 1.82) is 0 Å². The number of carbonyl (C=O) groups excluding carboxylic acids is 2. The molecule has 0 unspecified atom stereocenters. The predicted octanol–water partition coefficient (Wildman–Crippen LogP) is 8.82. The quantitative estimate of drug-likeness (QED) is 0.266. The lowest BCUT2D eigenvalue weighted by atomic mass is 10.0. The number of esters is 2. The first kappa shape index (κ1) is 32.9. The number of rotatable bonds is 6. The van der Waals surface area contributed by atoms with Gasteiger partial charge in [-0.15, -0.1) is 0 Å². The fraction of sp³-hybridized carbons (Fsp3) is 0.421. The monoisotopic (exact) mass is 622 g/mol. The molecule has 242 valence electrons. The molecular formula is C38H46N4O4. The van der Waals surface area contributed by atoms with Crippen LogP contribution in [0.25, 0.3) is 44.9 Å². The topological polar surface area (TPSA) is 110 Å². The van der Waals surface area contributed by atoms with Crippen LogP contribution < -0.4 is 0 Å². The van der Waals surface area contributed by atoms with Gasteiger partial charge in [0, 0.05) is 34.9 Å². The lowest BCUT2D eigenvalue weighted by molar-refractivity contribution is -0.155. The number of H-pyrrole nitrogens is 2. The maximum Gasteiger partial charge on any atom is 0.306 e. The summed E-state index contributed by atoms with van der Waals surface area (Å²) in [7, 11) is 0. The van der Waals surface area contributed by atoms with E-state index in [4.69, 9.17) is 19.4 Å². The van der Waals surface area contributed by atoms with E-state index in [9.17, 15) is 9.59 Å². The van der Waals surface area contributed by atoms with Gasteiger partial charge in [-0.1, -0.05) is 0 Å². The van der Waals surface area contributed by atoms with Crippen molar-refractivity contribution < 1.29 is 19.1 Å². The van der Waals surface area contributed by atoms with Crippen LogP contribution in [0.2, 0.25) is 0 Å². The van der Waals surface area contributed by atoms with Crippen LogP contribution in [0, 0.1) is 13.8 Å². The summed E-state index contributed by atoms with van der Waals surface area (Å²) in [5.74, 6) is -0.486. The van der Waals surface area contributed by atoms with Gasteiger partial charge in [0.2, 0.25) is 0 Å². The van der Waals surface area contributed by atoms with E-state index < -0.39 is 11.2 Å². The average Bonchev–Trinajstić information content (AvgIpc) is 3.61. The van der Waals surface area contributed by atoms with Gasteiger partial charge in [0.05, 0.1) is 22.8 Å². The molecule has 0 atom stereocenters. The van der Waals surface area contributed by atoms with Crippen molar-refractivity contribution in [2.75, 3.05) is 0 Å². The molecule has 8 heteroatoms. The summed E-state index contributed by atoms with van der Waals surface area (Å²) in [6.45, 7) is 19.5. The SMILES string of the molecule is CC1=Cc2cc3[nH]c(cc4nc(cc5[nH]c(cc1n2)c(C)c5CCC(=O)OC(C)(C)C)C(CCC(=O)OC(C)(C)C)=C4C)cc3C. The number of fused-ring (bicyclic) bond motifs is 8. The third-order valence-electron chi connectivity index (χ3n) is 8.08. The van der Waals surface area contributed by atoms with E-state index in [-0.39, 0.29) is 24.8 Å². The Morgan fingerprint density at radius 2 is 1.33 bits per heavy atom. The van der Waals surface area contributed by atoms with Crippen LogP contribution in [-0.4, -0.2) is 43.1 Å². The molecular weight excluding hydrogens is 576 g/mol. The number of aromatic nitrogens is 4. The van der Waals surface area contributed by atoms with Crippen molar-refractivity contribution in [3.63, 3.8) is 0 Å². The minimum Gasteiger partial charge on any atom is -0.460 e. The summed E-state index contributed by atoms with van der Waals surface area (Å²) in [5, 5.41) is 0. The third kappa shape index (κ3) is 7.66. The van der Waals surface area contributed by atoms with Crippen LogP contribution in [0.3, 0.4) is 0 Å². The average molecular weight is 623 g/mol. The summed E-state index contributed by atoms with van der Waals surface area (Å²) in [6.07, 6.45) is 3.56. The fourth-order valence-electron chi connectivity index (χ4n) is 5.88.